The van der Waals surface area contributed by atoms with Crippen molar-refractivity contribution in [2.24, 2.45) is 5.73 Å². The molecule has 1 aromatic carbocycles. The molecule has 0 aliphatic rings. The van der Waals surface area contributed by atoms with Gasteiger partial charge in [0.2, 0.25) is 0 Å². The van der Waals surface area contributed by atoms with Gasteiger partial charge in [0.25, 0.3) is 0 Å². The van der Waals surface area contributed by atoms with E-state index in [0.29, 0.717) is 0 Å². The number of carboxylic acids is 1. The van der Waals surface area contributed by atoms with Crippen LogP contribution in [0.2, 0.25) is 0 Å². The summed E-state index contributed by atoms with van der Waals surface area (Å²) in [5, 5.41) is 8.96. The Hall–Kier alpha value is -1.55. The van der Waals surface area contributed by atoms with E-state index >= 15 is 0 Å². The normalized spacial score (nSPS) is 15.8. The highest BCUT2D eigenvalue weighted by atomic mass is 16.5. The first kappa shape index (κ1) is 14.5. The van der Waals surface area contributed by atoms with Crippen molar-refractivity contribution in [1.29, 1.82) is 0 Å². The first-order valence-electron chi connectivity index (χ1n) is 6.13. The standard InChI is InChI=1S/C14H21NO3/c1-4-11-6-5-7-12(8-11)18-10(2)9-14(3,15)13(16)17/h5-8,10H,4,9,15H2,1-3H3,(H,16,17). The van der Waals surface area contributed by atoms with Crippen molar-refractivity contribution in [1.82, 2.24) is 0 Å². The van der Waals surface area contributed by atoms with Gasteiger partial charge in [0.15, 0.2) is 0 Å². The maximum atomic E-state index is 10.9. The molecule has 0 aliphatic heterocycles. The van der Waals surface area contributed by atoms with Crippen molar-refractivity contribution in [2.75, 3.05) is 0 Å². The van der Waals surface area contributed by atoms with Crippen LogP contribution in [0.25, 0.3) is 0 Å². The summed E-state index contributed by atoms with van der Waals surface area (Å²) in [5.74, 6) is -0.261. The second-order valence-corrected chi connectivity index (χ2v) is 4.86. The van der Waals surface area contributed by atoms with E-state index in [2.05, 4.69) is 6.92 Å². The number of hydrogen-bond acceptors (Lipinski definition) is 3. The average molecular weight is 251 g/mol. The second kappa shape index (κ2) is 5.87. The van der Waals surface area contributed by atoms with Crippen molar-refractivity contribution in [2.45, 2.75) is 45.3 Å². The topological polar surface area (TPSA) is 72.5 Å². The fourth-order valence-corrected chi connectivity index (χ4v) is 1.80. The zero-order valence-corrected chi connectivity index (χ0v) is 11.1. The molecule has 0 amide bonds. The van der Waals surface area contributed by atoms with Crippen LogP contribution in [0, 0.1) is 0 Å². The minimum absolute atomic E-state index is 0.247. The van der Waals surface area contributed by atoms with Crippen molar-refractivity contribution in [3.05, 3.63) is 29.8 Å². The zero-order valence-electron chi connectivity index (χ0n) is 11.1. The van der Waals surface area contributed by atoms with Crippen LogP contribution in [0.15, 0.2) is 24.3 Å². The SMILES string of the molecule is CCc1cccc(OC(C)CC(C)(N)C(=O)O)c1. The molecule has 1 aromatic rings. The monoisotopic (exact) mass is 251 g/mol. The Morgan fingerprint density at radius 1 is 1.56 bits per heavy atom. The molecule has 0 spiro atoms. The number of hydrogen-bond donors (Lipinski definition) is 2. The van der Waals surface area contributed by atoms with Crippen LogP contribution in [0.5, 0.6) is 5.75 Å². The zero-order chi connectivity index (χ0) is 13.8. The lowest BCUT2D eigenvalue weighted by Crippen LogP contribution is -2.47. The van der Waals surface area contributed by atoms with Gasteiger partial charge in [0, 0.05) is 6.42 Å². The Bertz CT molecular complexity index is 415. The lowest BCUT2D eigenvalue weighted by atomic mass is 9.96. The number of aliphatic carboxylic acids is 1. The molecule has 0 bridgehead atoms. The highest BCUT2D eigenvalue weighted by molar-refractivity contribution is 5.77. The Labute approximate surface area is 108 Å². The van der Waals surface area contributed by atoms with Crippen LogP contribution >= 0.6 is 0 Å². The third kappa shape index (κ3) is 4.04. The number of ether oxygens (including phenoxy) is 1. The van der Waals surface area contributed by atoms with Gasteiger partial charge in [0.1, 0.15) is 11.3 Å². The van der Waals surface area contributed by atoms with Gasteiger partial charge in [0.05, 0.1) is 6.10 Å². The van der Waals surface area contributed by atoms with E-state index in [1.807, 2.05) is 31.2 Å². The van der Waals surface area contributed by atoms with Crippen LogP contribution in [-0.2, 0) is 11.2 Å². The molecule has 1 rings (SSSR count). The highest BCUT2D eigenvalue weighted by Gasteiger charge is 2.30. The molecule has 4 nitrogen and oxygen atoms in total. The first-order chi connectivity index (χ1) is 8.35. The Kier molecular flexibility index (Phi) is 4.73. The number of carbonyl (C=O) groups is 1. The van der Waals surface area contributed by atoms with Crippen molar-refractivity contribution < 1.29 is 14.6 Å². The molecule has 0 saturated heterocycles. The van der Waals surface area contributed by atoms with E-state index in [-0.39, 0.29) is 12.5 Å². The van der Waals surface area contributed by atoms with Crippen LogP contribution < -0.4 is 10.5 Å². The summed E-state index contributed by atoms with van der Waals surface area (Å²) in [7, 11) is 0. The molecule has 0 aromatic heterocycles. The van der Waals surface area contributed by atoms with Crippen molar-refractivity contribution in [3.63, 3.8) is 0 Å². The summed E-state index contributed by atoms with van der Waals surface area (Å²) >= 11 is 0. The molecule has 100 valence electrons. The van der Waals surface area contributed by atoms with E-state index in [1.54, 1.807) is 0 Å². The van der Waals surface area contributed by atoms with E-state index in [9.17, 15) is 4.79 Å². The molecule has 3 N–H and O–H groups in total. The van der Waals surface area contributed by atoms with Gasteiger partial charge in [-0.1, -0.05) is 19.1 Å². The summed E-state index contributed by atoms with van der Waals surface area (Å²) in [5.41, 5.74) is 5.62. The number of aryl methyl sites for hydroxylation is 1. The molecule has 2 atom stereocenters. The summed E-state index contributed by atoms with van der Waals surface area (Å²) in [6, 6.07) is 7.79. The van der Waals surface area contributed by atoms with Crippen LogP contribution in [0.3, 0.4) is 0 Å². The van der Waals surface area contributed by atoms with Crippen molar-refractivity contribution in [3.8, 4) is 5.75 Å². The quantitative estimate of drug-likeness (QED) is 0.813. The predicted molar refractivity (Wildman–Crippen MR) is 70.8 cm³/mol. The molecular weight excluding hydrogens is 230 g/mol. The average Bonchev–Trinajstić information content (AvgIpc) is 2.28. The Morgan fingerprint density at radius 2 is 2.22 bits per heavy atom. The molecular formula is C14H21NO3. The van der Waals surface area contributed by atoms with Gasteiger partial charge < -0.3 is 15.6 Å². The summed E-state index contributed by atoms with van der Waals surface area (Å²) < 4.78 is 5.70. The van der Waals surface area contributed by atoms with E-state index < -0.39 is 11.5 Å². The Balaban J connectivity index is 2.64. The number of carboxylic acid groups (broad SMARTS) is 1. The molecule has 0 aliphatic carbocycles. The predicted octanol–water partition coefficient (Wildman–Crippen LogP) is 2.21. The molecule has 0 fully saturated rings. The highest BCUT2D eigenvalue weighted by Crippen LogP contribution is 2.19. The van der Waals surface area contributed by atoms with E-state index in [4.69, 9.17) is 15.6 Å². The smallest absolute Gasteiger partial charge is 0.323 e. The van der Waals surface area contributed by atoms with Crippen molar-refractivity contribution >= 4 is 5.97 Å². The minimum Gasteiger partial charge on any atom is -0.491 e. The van der Waals surface area contributed by atoms with Gasteiger partial charge in [-0.05, 0) is 38.0 Å². The maximum Gasteiger partial charge on any atom is 0.323 e. The largest absolute Gasteiger partial charge is 0.491 e. The molecule has 0 heterocycles. The fraction of sp³-hybridized carbons (Fsp3) is 0.500. The minimum atomic E-state index is -1.26. The first-order valence-corrected chi connectivity index (χ1v) is 6.13. The number of rotatable bonds is 6. The van der Waals surface area contributed by atoms with E-state index in [0.717, 1.165) is 12.2 Å². The summed E-state index contributed by atoms with van der Waals surface area (Å²) in [6.45, 7) is 5.40. The summed E-state index contributed by atoms with van der Waals surface area (Å²) in [6.07, 6.45) is 0.955. The second-order valence-electron chi connectivity index (χ2n) is 4.86. The van der Waals surface area contributed by atoms with E-state index in [1.165, 1.54) is 12.5 Å². The number of nitrogens with two attached hydrogens (primary N) is 1. The Morgan fingerprint density at radius 3 is 2.78 bits per heavy atom. The van der Waals surface area contributed by atoms with Crippen LogP contribution in [-0.4, -0.2) is 22.7 Å². The maximum absolute atomic E-state index is 10.9. The molecule has 4 heteroatoms. The molecule has 0 radical (unpaired) electrons. The third-order valence-electron chi connectivity index (χ3n) is 2.84. The van der Waals surface area contributed by atoms with Gasteiger partial charge in [-0.2, -0.15) is 0 Å². The van der Waals surface area contributed by atoms with Gasteiger partial charge in [-0.25, -0.2) is 0 Å². The number of benzene rings is 1. The molecule has 2 unspecified atom stereocenters. The fourth-order valence-electron chi connectivity index (χ4n) is 1.80. The summed E-state index contributed by atoms with van der Waals surface area (Å²) in [4.78, 5) is 10.9. The lowest BCUT2D eigenvalue weighted by molar-refractivity contribution is -0.143. The van der Waals surface area contributed by atoms with Crippen LogP contribution in [0.1, 0.15) is 32.8 Å². The molecule has 0 saturated carbocycles. The van der Waals surface area contributed by atoms with Crippen LogP contribution in [0.4, 0.5) is 0 Å². The van der Waals surface area contributed by atoms with Gasteiger partial charge in [-0.3, -0.25) is 4.79 Å². The third-order valence-corrected chi connectivity index (χ3v) is 2.84. The van der Waals surface area contributed by atoms with Gasteiger partial charge >= 0.3 is 5.97 Å². The van der Waals surface area contributed by atoms with Gasteiger partial charge in [-0.15, -0.1) is 0 Å². The lowest BCUT2D eigenvalue weighted by Gasteiger charge is -2.24. The molecule has 18 heavy (non-hydrogen) atoms.